The van der Waals surface area contributed by atoms with E-state index >= 15 is 0 Å². The summed E-state index contributed by atoms with van der Waals surface area (Å²) in [5.74, 6) is -3.89. The molecule has 1 aromatic carbocycles. The van der Waals surface area contributed by atoms with Gasteiger partial charge in [-0.25, -0.2) is 4.79 Å². The number of amides is 2. The number of rotatable bonds is 10. The van der Waals surface area contributed by atoms with Crippen LogP contribution in [0.5, 0.6) is 0 Å². The summed E-state index contributed by atoms with van der Waals surface area (Å²) in [7, 11) is 0. The van der Waals surface area contributed by atoms with Crippen molar-refractivity contribution in [1.29, 1.82) is 0 Å². The highest BCUT2D eigenvalue weighted by atomic mass is 16.7. The smallest absolute Gasteiger partial charge is 0.408 e. The molecule has 0 saturated carbocycles. The first kappa shape index (κ1) is 31.0. The molecule has 0 aromatic heterocycles. The molecule has 0 spiro atoms. The second-order valence-corrected chi connectivity index (χ2v) is 8.57. The number of nitrogens with one attached hydrogen (secondary N) is 2. The summed E-state index contributed by atoms with van der Waals surface area (Å²) in [6.07, 6.45) is -6.48. The van der Waals surface area contributed by atoms with Crippen LogP contribution in [0.25, 0.3) is 0 Å². The molecule has 14 heteroatoms. The van der Waals surface area contributed by atoms with Gasteiger partial charge in [0.25, 0.3) is 0 Å². The third-order valence-electron chi connectivity index (χ3n) is 5.23. The van der Waals surface area contributed by atoms with Crippen LogP contribution in [0.2, 0.25) is 0 Å². The monoisotopic (exact) mass is 552 g/mol. The molecule has 39 heavy (non-hydrogen) atoms. The predicted molar refractivity (Wildman–Crippen MR) is 129 cm³/mol. The molecule has 2 rings (SSSR count). The molecule has 1 fully saturated rings. The standard InChI is InChI=1S/C25H32N2O12/c1-13(26-25(33)35-11-18-9-7-6-8-10-18)23(32)27-20-22(37-16(4)30)21(36-15(3)29)19(12-34-14(2)28)39-24(20)38-17(5)31/h6-10,13,19-22,24H,11-12H2,1-5H3,(H,26,33)(H,27,32)/t13?,19-,20-,21-,22-,24-/m1/s1. The Kier molecular flexibility index (Phi) is 11.7. The highest BCUT2D eigenvalue weighted by Gasteiger charge is 2.52. The molecule has 1 saturated heterocycles. The van der Waals surface area contributed by atoms with Gasteiger partial charge in [0.2, 0.25) is 12.2 Å². The fraction of sp³-hybridized carbons (Fsp3) is 0.520. The molecule has 214 valence electrons. The maximum Gasteiger partial charge on any atom is 0.408 e. The SMILES string of the molecule is CC(=O)OC[C@H]1O[C@@H](OC(C)=O)[C@H](NC(=O)C(C)NC(=O)OCc2ccccc2)[C@@H](OC(C)=O)[C@@H]1OC(C)=O. The van der Waals surface area contributed by atoms with Crippen LogP contribution in [0.3, 0.4) is 0 Å². The molecule has 1 unspecified atom stereocenters. The minimum absolute atomic E-state index is 0.0334. The van der Waals surface area contributed by atoms with Crippen LogP contribution in [0.4, 0.5) is 4.79 Å². The zero-order valence-electron chi connectivity index (χ0n) is 22.2. The van der Waals surface area contributed by atoms with Gasteiger partial charge in [0, 0.05) is 27.7 Å². The average Bonchev–Trinajstić information content (AvgIpc) is 2.84. The number of carbonyl (C=O) groups is 6. The Morgan fingerprint density at radius 1 is 0.821 bits per heavy atom. The minimum Gasteiger partial charge on any atom is -0.463 e. The van der Waals surface area contributed by atoms with Gasteiger partial charge in [-0.05, 0) is 12.5 Å². The second kappa shape index (κ2) is 14.7. The molecular formula is C25H32N2O12. The Morgan fingerprint density at radius 3 is 1.97 bits per heavy atom. The van der Waals surface area contributed by atoms with Gasteiger partial charge in [-0.3, -0.25) is 24.0 Å². The summed E-state index contributed by atoms with van der Waals surface area (Å²) in [4.78, 5) is 72.2. The first-order valence-electron chi connectivity index (χ1n) is 12.0. The van der Waals surface area contributed by atoms with E-state index in [0.717, 1.165) is 33.3 Å². The summed E-state index contributed by atoms with van der Waals surface area (Å²) < 4.78 is 31.7. The zero-order valence-corrected chi connectivity index (χ0v) is 22.2. The largest absolute Gasteiger partial charge is 0.463 e. The highest BCUT2D eigenvalue weighted by molar-refractivity contribution is 5.85. The number of benzene rings is 1. The van der Waals surface area contributed by atoms with Crippen LogP contribution in [-0.4, -0.2) is 79.2 Å². The maximum atomic E-state index is 13.0. The van der Waals surface area contributed by atoms with Crippen molar-refractivity contribution >= 4 is 35.9 Å². The summed E-state index contributed by atoms with van der Waals surface area (Å²) in [6.45, 7) is 5.26. The first-order valence-corrected chi connectivity index (χ1v) is 12.0. The fourth-order valence-corrected chi connectivity index (χ4v) is 3.62. The zero-order chi connectivity index (χ0) is 29.1. The van der Waals surface area contributed by atoms with E-state index in [0.29, 0.717) is 0 Å². The van der Waals surface area contributed by atoms with E-state index < -0.39 is 79.2 Å². The fourth-order valence-electron chi connectivity index (χ4n) is 3.62. The van der Waals surface area contributed by atoms with Crippen molar-refractivity contribution in [2.45, 2.75) is 77.9 Å². The van der Waals surface area contributed by atoms with Gasteiger partial charge < -0.3 is 39.1 Å². The third kappa shape index (κ3) is 10.2. The van der Waals surface area contributed by atoms with Crippen LogP contribution in [0.1, 0.15) is 40.2 Å². The lowest BCUT2D eigenvalue weighted by molar-refractivity contribution is -0.271. The van der Waals surface area contributed by atoms with Gasteiger partial charge in [0.1, 0.15) is 31.4 Å². The van der Waals surface area contributed by atoms with Gasteiger partial charge in [-0.15, -0.1) is 0 Å². The highest BCUT2D eigenvalue weighted by Crippen LogP contribution is 2.28. The van der Waals surface area contributed by atoms with Crippen LogP contribution < -0.4 is 10.6 Å². The van der Waals surface area contributed by atoms with Crippen LogP contribution >= 0.6 is 0 Å². The topological polar surface area (TPSA) is 182 Å². The Labute approximate surface area is 224 Å². The molecule has 0 radical (unpaired) electrons. The number of alkyl carbamates (subject to hydrolysis) is 1. The van der Waals surface area contributed by atoms with Gasteiger partial charge in [-0.2, -0.15) is 0 Å². The van der Waals surface area contributed by atoms with Gasteiger partial charge >= 0.3 is 30.0 Å². The number of ether oxygens (including phenoxy) is 6. The molecule has 2 N–H and O–H groups in total. The van der Waals surface area contributed by atoms with Crippen molar-refractivity contribution < 1.29 is 57.2 Å². The predicted octanol–water partition coefficient (Wildman–Crippen LogP) is 0.501. The van der Waals surface area contributed by atoms with Crippen molar-refractivity contribution in [3.05, 3.63) is 35.9 Å². The molecule has 14 nitrogen and oxygen atoms in total. The van der Waals surface area contributed by atoms with Crippen molar-refractivity contribution in [3.8, 4) is 0 Å². The van der Waals surface area contributed by atoms with Crippen molar-refractivity contribution in [2.75, 3.05) is 6.61 Å². The first-order chi connectivity index (χ1) is 18.4. The van der Waals surface area contributed by atoms with E-state index in [9.17, 15) is 28.8 Å². The van der Waals surface area contributed by atoms with Crippen LogP contribution in [0, 0.1) is 0 Å². The second-order valence-electron chi connectivity index (χ2n) is 8.57. The van der Waals surface area contributed by atoms with Crippen molar-refractivity contribution in [1.82, 2.24) is 10.6 Å². The number of carbonyl (C=O) groups excluding carboxylic acids is 6. The minimum atomic E-state index is -1.56. The molecule has 1 heterocycles. The van der Waals surface area contributed by atoms with Gasteiger partial charge in [0.15, 0.2) is 12.2 Å². The molecule has 1 aliphatic heterocycles. The van der Waals surface area contributed by atoms with E-state index in [4.69, 9.17) is 28.4 Å². The lowest BCUT2D eigenvalue weighted by Crippen LogP contribution is -2.68. The summed E-state index contributed by atoms with van der Waals surface area (Å²) in [5.41, 5.74) is 0.734. The summed E-state index contributed by atoms with van der Waals surface area (Å²) >= 11 is 0. The van der Waals surface area contributed by atoms with E-state index in [-0.39, 0.29) is 6.61 Å². The maximum absolute atomic E-state index is 13.0. The van der Waals surface area contributed by atoms with Crippen molar-refractivity contribution in [2.24, 2.45) is 0 Å². The third-order valence-corrected chi connectivity index (χ3v) is 5.23. The molecule has 1 aliphatic rings. The Hall–Kier alpha value is -4.20. The van der Waals surface area contributed by atoms with Crippen molar-refractivity contribution in [3.63, 3.8) is 0 Å². The lowest BCUT2D eigenvalue weighted by Gasteiger charge is -2.44. The van der Waals surface area contributed by atoms with Gasteiger partial charge in [0.05, 0.1) is 0 Å². The lowest BCUT2D eigenvalue weighted by atomic mass is 9.95. The summed E-state index contributed by atoms with van der Waals surface area (Å²) in [6, 6.07) is 6.30. The van der Waals surface area contributed by atoms with Crippen LogP contribution in [-0.2, 0) is 59.0 Å². The normalized spacial score (nSPS) is 22.8. The molecule has 0 aliphatic carbocycles. The van der Waals surface area contributed by atoms with E-state index in [2.05, 4.69) is 10.6 Å². The number of hydrogen-bond donors (Lipinski definition) is 2. The van der Waals surface area contributed by atoms with Gasteiger partial charge in [-0.1, -0.05) is 30.3 Å². The summed E-state index contributed by atoms with van der Waals surface area (Å²) in [5, 5.41) is 4.87. The van der Waals surface area contributed by atoms with Crippen LogP contribution in [0.15, 0.2) is 30.3 Å². The Morgan fingerprint density at radius 2 is 1.41 bits per heavy atom. The number of esters is 4. The van der Waals surface area contributed by atoms with E-state index in [1.807, 2.05) is 6.07 Å². The Bertz CT molecular complexity index is 1050. The number of hydrogen-bond acceptors (Lipinski definition) is 12. The average molecular weight is 553 g/mol. The quantitative estimate of drug-likeness (QED) is 0.303. The molecule has 6 atom stereocenters. The molecule has 2 amide bonds. The van der Waals surface area contributed by atoms with E-state index in [1.165, 1.54) is 6.92 Å². The molecule has 1 aromatic rings. The van der Waals surface area contributed by atoms with E-state index in [1.54, 1.807) is 24.3 Å². The molecule has 0 bridgehead atoms. The molecular weight excluding hydrogens is 520 g/mol. The Balaban J connectivity index is 2.23.